The fourth-order valence-electron chi connectivity index (χ4n) is 2.52. The van der Waals surface area contributed by atoms with Crippen molar-refractivity contribution in [3.63, 3.8) is 0 Å². The van der Waals surface area contributed by atoms with Crippen LogP contribution >= 0.6 is 11.6 Å². The number of rotatable bonds is 9. The molecule has 2 rings (SSSR count). The Morgan fingerprint density at radius 1 is 1.12 bits per heavy atom. The predicted octanol–water partition coefficient (Wildman–Crippen LogP) is 3.70. The van der Waals surface area contributed by atoms with Crippen molar-refractivity contribution in [2.45, 2.75) is 31.9 Å². The van der Waals surface area contributed by atoms with Gasteiger partial charge in [0.05, 0.1) is 12.1 Å². The molecule has 0 saturated heterocycles. The number of aliphatic hydroxyl groups excluding tert-OH is 1. The fraction of sp³-hybridized carbons (Fsp3) is 0.400. The van der Waals surface area contributed by atoms with Crippen molar-refractivity contribution in [2.75, 3.05) is 20.3 Å². The number of aliphatic hydroxyl groups is 1. The Hall–Kier alpha value is -1.75. The second-order valence-electron chi connectivity index (χ2n) is 6.68. The first-order chi connectivity index (χ1) is 11.9. The summed E-state index contributed by atoms with van der Waals surface area (Å²) >= 11 is 6.04. The molecule has 0 aliphatic rings. The van der Waals surface area contributed by atoms with Crippen LogP contribution in [-0.2, 0) is 6.42 Å². The summed E-state index contributed by atoms with van der Waals surface area (Å²) in [5.74, 6) is 1.43. The molecule has 0 spiro atoms. The van der Waals surface area contributed by atoms with Crippen molar-refractivity contribution in [3.8, 4) is 11.5 Å². The van der Waals surface area contributed by atoms with Gasteiger partial charge in [0.25, 0.3) is 0 Å². The number of para-hydroxylation sites is 1. The first-order valence-corrected chi connectivity index (χ1v) is 8.71. The van der Waals surface area contributed by atoms with E-state index in [1.807, 2.05) is 24.3 Å². The number of hydrogen-bond acceptors (Lipinski definition) is 4. The zero-order valence-electron chi connectivity index (χ0n) is 15.0. The summed E-state index contributed by atoms with van der Waals surface area (Å²) < 4.78 is 10.7. The molecule has 0 aliphatic carbocycles. The number of methoxy groups -OCH3 is 1. The minimum absolute atomic E-state index is 0.153. The number of benzene rings is 2. The van der Waals surface area contributed by atoms with Gasteiger partial charge in [0, 0.05) is 12.1 Å². The SMILES string of the molecule is COc1ccc(CC(C)(C)NCC(O)COc2ccccc2Cl)cc1. The first kappa shape index (κ1) is 19.6. The lowest BCUT2D eigenvalue weighted by molar-refractivity contribution is 0.0989. The summed E-state index contributed by atoms with van der Waals surface area (Å²) in [6.45, 7) is 4.85. The standard InChI is InChI=1S/C20H26ClNO3/c1-20(2,12-15-8-10-17(24-3)11-9-15)22-13-16(23)14-25-19-7-5-4-6-18(19)21/h4-11,16,22-23H,12-14H2,1-3H3. The lowest BCUT2D eigenvalue weighted by Gasteiger charge is -2.28. The molecule has 0 aromatic heterocycles. The van der Waals surface area contributed by atoms with E-state index >= 15 is 0 Å². The zero-order valence-corrected chi connectivity index (χ0v) is 15.7. The Balaban J connectivity index is 1.78. The molecule has 2 aromatic carbocycles. The summed E-state index contributed by atoms with van der Waals surface area (Å²) in [4.78, 5) is 0. The van der Waals surface area contributed by atoms with E-state index in [9.17, 15) is 5.11 Å². The number of ether oxygens (including phenoxy) is 2. The molecule has 0 saturated carbocycles. The van der Waals surface area contributed by atoms with Gasteiger partial charge in [-0.05, 0) is 50.1 Å². The van der Waals surface area contributed by atoms with Crippen LogP contribution in [0.2, 0.25) is 5.02 Å². The molecule has 0 amide bonds. The predicted molar refractivity (Wildman–Crippen MR) is 102 cm³/mol. The van der Waals surface area contributed by atoms with E-state index in [4.69, 9.17) is 21.1 Å². The Morgan fingerprint density at radius 3 is 2.44 bits per heavy atom. The number of hydrogen-bond donors (Lipinski definition) is 2. The average molecular weight is 364 g/mol. The van der Waals surface area contributed by atoms with E-state index < -0.39 is 6.10 Å². The van der Waals surface area contributed by atoms with Gasteiger partial charge < -0.3 is 19.9 Å². The number of nitrogens with one attached hydrogen (secondary N) is 1. The molecule has 0 heterocycles. The maximum atomic E-state index is 10.2. The maximum Gasteiger partial charge on any atom is 0.138 e. The molecule has 1 unspecified atom stereocenters. The van der Waals surface area contributed by atoms with Crippen molar-refractivity contribution in [3.05, 3.63) is 59.1 Å². The molecular formula is C20H26ClNO3. The third-order valence-electron chi connectivity index (χ3n) is 3.89. The van der Waals surface area contributed by atoms with Crippen molar-refractivity contribution in [1.29, 1.82) is 0 Å². The van der Waals surface area contributed by atoms with Gasteiger partial charge in [0.15, 0.2) is 0 Å². The lowest BCUT2D eigenvalue weighted by atomic mass is 9.94. The largest absolute Gasteiger partial charge is 0.497 e. The molecule has 0 aliphatic heterocycles. The molecule has 5 heteroatoms. The van der Waals surface area contributed by atoms with E-state index in [0.29, 0.717) is 17.3 Å². The molecule has 136 valence electrons. The minimum Gasteiger partial charge on any atom is -0.497 e. The van der Waals surface area contributed by atoms with Crippen LogP contribution in [0, 0.1) is 0 Å². The Labute approximate surface area is 154 Å². The first-order valence-electron chi connectivity index (χ1n) is 8.33. The van der Waals surface area contributed by atoms with E-state index in [0.717, 1.165) is 12.2 Å². The van der Waals surface area contributed by atoms with E-state index in [2.05, 4.69) is 31.3 Å². The van der Waals surface area contributed by atoms with Crippen LogP contribution in [-0.4, -0.2) is 37.0 Å². The molecule has 0 fully saturated rings. The van der Waals surface area contributed by atoms with Gasteiger partial charge in [-0.1, -0.05) is 35.9 Å². The molecule has 0 radical (unpaired) electrons. The van der Waals surface area contributed by atoms with E-state index in [1.165, 1.54) is 5.56 Å². The summed E-state index contributed by atoms with van der Waals surface area (Å²) in [7, 11) is 1.66. The van der Waals surface area contributed by atoms with Crippen molar-refractivity contribution in [1.82, 2.24) is 5.32 Å². The molecule has 25 heavy (non-hydrogen) atoms. The summed E-state index contributed by atoms with van der Waals surface area (Å²) in [5.41, 5.74) is 1.06. The smallest absolute Gasteiger partial charge is 0.138 e. The second-order valence-corrected chi connectivity index (χ2v) is 7.09. The van der Waals surface area contributed by atoms with Crippen LogP contribution in [0.15, 0.2) is 48.5 Å². The van der Waals surface area contributed by atoms with E-state index in [-0.39, 0.29) is 12.1 Å². The maximum absolute atomic E-state index is 10.2. The summed E-state index contributed by atoms with van der Waals surface area (Å²) in [6.07, 6.45) is 0.223. The van der Waals surface area contributed by atoms with Crippen molar-refractivity contribution >= 4 is 11.6 Å². The highest BCUT2D eigenvalue weighted by atomic mass is 35.5. The second kappa shape index (κ2) is 9.09. The Morgan fingerprint density at radius 2 is 1.80 bits per heavy atom. The normalized spacial score (nSPS) is 12.7. The van der Waals surface area contributed by atoms with Gasteiger partial charge in [-0.2, -0.15) is 0 Å². The van der Waals surface area contributed by atoms with Gasteiger partial charge in [0.2, 0.25) is 0 Å². The fourth-order valence-corrected chi connectivity index (χ4v) is 2.71. The van der Waals surface area contributed by atoms with Crippen molar-refractivity contribution < 1.29 is 14.6 Å². The lowest BCUT2D eigenvalue weighted by Crippen LogP contribution is -2.46. The van der Waals surface area contributed by atoms with Crippen molar-refractivity contribution in [2.24, 2.45) is 0 Å². The van der Waals surface area contributed by atoms with Crippen LogP contribution in [0.3, 0.4) is 0 Å². The van der Waals surface area contributed by atoms with Crippen LogP contribution in [0.4, 0.5) is 0 Å². The molecule has 2 N–H and O–H groups in total. The Kier molecular flexibility index (Phi) is 7.12. The highest BCUT2D eigenvalue weighted by molar-refractivity contribution is 6.32. The van der Waals surface area contributed by atoms with Gasteiger partial charge >= 0.3 is 0 Å². The average Bonchev–Trinajstić information content (AvgIpc) is 2.60. The summed E-state index contributed by atoms with van der Waals surface area (Å²) in [5, 5.41) is 14.1. The zero-order chi connectivity index (χ0) is 18.3. The van der Waals surface area contributed by atoms with Gasteiger partial charge in [-0.3, -0.25) is 0 Å². The van der Waals surface area contributed by atoms with Gasteiger partial charge in [-0.15, -0.1) is 0 Å². The molecule has 2 aromatic rings. The molecule has 0 bridgehead atoms. The van der Waals surface area contributed by atoms with Crippen LogP contribution in [0.1, 0.15) is 19.4 Å². The van der Waals surface area contributed by atoms with Crippen LogP contribution in [0.25, 0.3) is 0 Å². The van der Waals surface area contributed by atoms with Gasteiger partial charge in [-0.25, -0.2) is 0 Å². The molecular weight excluding hydrogens is 338 g/mol. The molecule has 1 atom stereocenters. The minimum atomic E-state index is -0.619. The third kappa shape index (κ3) is 6.58. The van der Waals surface area contributed by atoms with E-state index in [1.54, 1.807) is 19.2 Å². The molecule has 4 nitrogen and oxygen atoms in total. The number of β-amino-alcohol motifs (C(OH)–C–C–N with tert-alkyl or cyclic N) is 1. The topological polar surface area (TPSA) is 50.7 Å². The van der Waals surface area contributed by atoms with Crippen LogP contribution in [0.5, 0.6) is 11.5 Å². The highest BCUT2D eigenvalue weighted by Crippen LogP contribution is 2.23. The number of halogens is 1. The summed E-state index contributed by atoms with van der Waals surface area (Å²) in [6, 6.07) is 15.3. The quantitative estimate of drug-likeness (QED) is 0.713. The third-order valence-corrected chi connectivity index (χ3v) is 4.20. The van der Waals surface area contributed by atoms with Crippen LogP contribution < -0.4 is 14.8 Å². The monoisotopic (exact) mass is 363 g/mol. The highest BCUT2D eigenvalue weighted by Gasteiger charge is 2.19. The van der Waals surface area contributed by atoms with Gasteiger partial charge in [0.1, 0.15) is 24.2 Å². The Bertz CT molecular complexity index is 658.